The van der Waals surface area contributed by atoms with E-state index in [1.165, 1.54) is 19.4 Å². The van der Waals surface area contributed by atoms with Gasteiger partial charge in [0.25, 0.3) is 0 Å². The molecule has 1 aromatic heterocycles. The first-order chi connectivity index (χ1) is 8.69. The van der Waals surface area contributed by atoms with E-state index in [4.69, 9.17) is 5.73 Å². The smallest absolute Gasteiger partial charge is 0.0564 e. The summed E-state index contributed by atoms with van der Waals surface area (Å²) in [6.45, 7) is 6.68. The number of aromatic nitrogens is 1. The molecule has 0 spiro atoms. The van der Waals surface area contributed by atoms with Gasteiger partial charge in [0.05, 0.1) is 5.69 Å². The van der Waals surface area contributed by atoms with Crippen LogP contribution in [0.3, 0.4) is 0 Å². The highest BCUT2D eigenvalue weighted by atomic mass is 15.2. The molecule has 0 bridgehead atoms. The highest BCUT2D eigenvalue weighted by Gasteiger charge is 2.22. The number of pyridine rings is 1. The van der Waals surface area contributed by atoms with Crippen LogP contribution in [-0.2, 0) is 6.54 Å². The second-order valence-corrected chi connectivity index (χ2v) is 5.23. The van der Waals surface area contributed by atoms with E-state index in [0.717, 1.165) is 31.0 Å². The Morgan fingerprint density at radius 1 is 1.44 bits per heavy atom. The first-order valence-corrected chi connectivity index (χ1v) is 6.82. The van der Waals surface area contributed by atoms with Crippen molar-refractivity contribution in [2.45, 2.75) is 32.4 Å². The molecule has 0 aliphatic carbocycles. The molecular formula is C14H24N4. The third kappa shape index (κ3) is 3.43. The minimum atomic E-state index is 0.626. The lowest BCUT2D eigenvalue weighted by atomic mass is 10.1. The van der Waals surface area contributed by atoms with E-state index >= 15 is 0 Å². The maximum atomic E-state index is 5.82. The second kappa shape index (κ2) is 6.16. The molecule has 1 aromatic rings. The van der Waals surface area contributed by atoms with Crippen molar-refractivity contribution in [1.82, 2.24) is 14.8 Å². The van der Waals surface area contributed by atoms with E-state index in [0.29, 0.717) is 6.04 Å². The summed E-state index contributed by atoms with van der Waals surface area (Å²) in [5, 5.41) is 0. The Morgan fingerprint density at radius 2 is 2.28 bits per heavy atom. The fourth-order valence-corrected chi connectivity index (χ4v) is 2.68. The fourth-order valence-electron chi connectivity index (χ4n) is 2.68. The van der Waals surface area contributed by atoms with Gasteiger partial charge in [0.1, 0.15) is 0 Å². The van der Waals surface area contributed by atoms with Crippen molar-refractivity contribution < 1.29 is 0 Å². The summed E-state index contributed by atoms with van der Waals surface area (Å²) in [5.41, 5.74) is 7.70. The summed E-state index contributed by atoms with van der Waals surface area (Å²) < 4.78 is 0. The molecule has 0 aromatic carbocycles. The summed E-state index contributed by atoms with van der Waals surface area (Å²) in [5.74, 6) is 0. The molecular weight excluding hydrogens is 224 g/mol. The molecule has 18 heavy (non-hydrogen) atoms. The predicted molar refractivity (Wildman–Crippen MR) is 75.3 cm³/mol. The highest BCUT2D eigenvalue weighted by molar-refractivity contribution is 5.37. The molecule has 0 amide bonds. The number of nitrogen functional groups attached to an aromatic ring is 1. The van der Waals surface area contributed by atoms with Gasteiger partial charge < -0.3 is 10.6 Å². The Labute approximate surface area is 110 Å². The van der Waals surface area contributed by atoms with Crippen molar-refractivity contribution in [3.63, 3.8) is 0 Å². The van der Waals surface area contributed by atoms with Crippen LogP contribution in [0.15, 0.2) is 18.3 Å². The van der Waals surface area contributed by atoms with Crippen LogP contribution >= 0.6 is 0 Å². The monoisotopic (exact) mass is 248 g/mol. The minimum Gasteiger partial charge on any atom is -0.399 e. The van der Waals surface area contributed by atoms with Crippen molar-refractivity contribution >= 4 is 5.69 Å². The molecule has 2 N–H and O–H groups in total. The molecule has 0 radical (unpaired) electrons. The zero-order chi connectivity index (χ0) is 13.0. The van der Waals surface area contributed by atoms with Gasteiger partial charge in [-0.05, 0) is 38.6 Å². The predicted octanol–water partition coefficient (Wildman–Crippen LogP) is 1.58. The maximum Gasteiger partial charge on any atom is 0.0564 e. The van der Waals surface area contributed by atoms with Crippen molar-refractivity contribution in [3.05, 3.63) is 24.0 Å². The van der Waals surface area contributed by atoms with E-state index in [2.05, 4.69) is 28.8 Å². The maximum absolute atomic E-state index is 5.82. The van der Waals surface area contributed by atoms with Crippen molar-refractivity contribution in [2.24, 2.45) is 0 Å². The van der Waals surface area contributed by atoms with Gasteiger partial charge in [0, 0.05) is 37.6 Å². The first kappa shape index (κ1) is 13.3. The molecule has 2 rings (SSSR count). The average molecular weight is 248 g/mol. The molecule has 1 atom stereocenters. The van der Waals surface area contributed by atoms with Gasteiger partial charge in [-0.25, -0.2) is 0 Å². The second-order valence-electron chi connectivity index (χ2n) is 5.23. The van der Waals surface area contributed by atoms with Gasteiger partial charge in [0.15, 0.2) is 0 Å². The van der Waals surface area contributed by atoms with Crippen molar-refractivity contribution in [3.8, 4) is 0 Å². The number of likely N-dealkylation sites (N-methyl/N-ethyl adjacent to an activating group) is 1. The van der Waals surface area contributed by atoms with Gasteiger partial charge in [-0.15, -0.1) is 0 Å². The summed E-state index contributed by atoms with van der Waals surface area (Å²) >= 11 is 0. The lowest BCUT2D eigenvalue weighted by molar-refractivity contribution is 0.174. The molecule has 1 fully saturated rings. The Bertz CT molecular complexity index is 380. The Kier molecular flexibility index (Phi) is 4.55. The minimum absolute atomic E-state index is 0.626. The lowest BCUT2D eigenvalue weighted by Crippen LogP contribution is -2.39. The zero-order valence-corrected chi connectivity index (χ0v) is 11.5. The number of rotatable bonds is 3. The van der Waals surface area contributed by atoms with Gasteiger partial charge in [-0.2, -0.15) is 0 Å². The van der Waals surface area contributed by atoms with Crippen LogP contribution in [0.1, 0.15) is 25.5 Å². The molecule has 1 unspecified atom stereocenters. The molecule has 100 valence electrons. The lowest BCUT2D eigenvalue weighted by Gasteiger charge is -2.29. The number of hydrogen-bond donors (Lipinski definition) is 1. The van der Waals surface area contributed by atoms with Crippen LogP contribution < -0.4 is 5.73 Å². The van der Waals surface area contributed by atoms with E-state index in [1.807, 2.05) is 12.1 Å². The number of hydrogen-bond acceptors (Lipinski definition) is 4. The third-order valence-corrected chi connectivity index (χ3v) is 3.70. The fraction of sp³-hybridized carbons (Fsp3) is 0.643. The summed E-state index contributed by atoms with van der Waals surface area (Å²) in [7, 11) is 2.21. The van der Waals surface area contributed by atoms with Crippen LogP contribution in [-0.4, -0.2) is 47.5 Å². The Morgan fingerprint density at radius 3 is 3.00 bits per heavy atom. The van der Waals surface area contributed by atoms with Gasteiger partial charge in [-0.1, -0.05) is 6.92 Å². The van der Waals surface area contributed by atoms with Crippen LogP contribution in [0.2, 0.25) is 0 Å². The molecule has 4 nitrogen and oxygen atoms in total. The van der Waals surface area contributed by atoms with Crippen LogP contribution in [0.5, 0.6) is 0 Å². The van der Waals surface area contributed by atoms with Gasteiger partial charge in [-0.3, -0.25) is 9.88 Å². The highest BCUT2D eigenvalue weighted by Crippen LogP contribution is 2.15. The Hall–Kier alpha value is -1.13. The quantitative estimate of drug-likeness (QED) is 0.882. The largest absolute Gasteiger partial charge is 0.399 e. The molecule has 1 aliphatic rings. The van der Waals surface area contributed by atoms with E-state index < -0.39 is 0 Å². The number of anilines is 1. The van der Waals surface area contributed by atoms with Crippen molar-refractivity contribution in [2.75, 3.05) is 32.4 Å². The zero-order valence-electron chi connectivity index (χ0n) is 11.5. The van der Waals surface area contributed by atoms with Gasteiger partial charge in [0.2, 0.25) is 0 Å². The van der Waals surface area contributed by atoms with E-state index in [-0.39, 0.29) is 0 Å². The Balaban J connectivity index is 2.06. The van der Waals surface area contributed by atoms with Crippen LogP contribution in [0, 0.1) is 0 Å². The first-order valence-electron chi connectivity index (χ1n) is 6.82. The van der Waals surface area contributed by atoms with Crippen LogP contribution in [0.4, 0.5) is 5.69 Å². The number of nitrogens with zero attached hydrogens (tertiary/aromatic N) is 3. The summed E-state index contributed by atoms with van der Waals surface area (Å²) in [4.78, 5) is 9.40. The summed E-state index contributed by atoms with van der Waals surface area (Å²) in [6.07, 6.45) is 4.22. The normalized spacial score (nSPS) is 22.9. The summed E-state index contributed by atoms with van der Waals surface area (Å²) in [6, 6.07) is 4.46. The molecule has 0 saturated carbocycles. The third-order valence-electron chi connectivity index (χ3n) is 3.70. The molecule has 1 saturated heterocycles. The van der Waals surface area contributed by atoms with E-state index in [9.17, 15) is 0 Å². The standard InChI is InChI=1S/C14H24N4/c1-3-14-11-17(2)7-4-8-18(14)10-13-9-12(15)5-6-16-13/h5-6,9,14H,3-4,7-8,10-11H2,1-2H3,(H2,15,16). The topological polar surface area (TPSA) is 45.4 Å². The van der Waals surface area contributed by atoms with E-state index in [1.54, 1.807) is 6.20 Å². The molecule has 2 heterocycles. The number of nitrogens with two attached hydrogens (primary N) is 1. The SMILES string of the molecule is CCC1CN(C)CCCN1Cc1cc(N)ccn1. The van der Waals surface area contributed by atoms with Crippen molar-refractivity contribution in [1.29, 1.82) is 0 Å². The van der Waals surface area contributed by atoms with Crippen LogP contribution in [0.25, 0.3) is 0 Å². The van der Waals surface area contributed by atoms with Gasteiger partial charge >= 0.3 is 0 Å². The average Bonchev–Trinajstić information content (AvgIpc) is 2.51. The molecule has 4 heteroatoms. The molecule has 1 aliphatic heterocycles.